The van der Waals surface area contributed by atoms with Gasteiger partial charge in [-0.2, -0.15) is 17.6 Å². The van der Waals surface area contributed by atoms with E-state index in [4.69, 9.17) is 9.47 Å². The largest absolute Gasteiger partial charge is 0.494 e. The van der Waals surface area contributed by atoms with E-state index in [1.54, 1.807) is 6.92 Å². The summed E-state index contributed by atoms with van der Waals surface area (Å²) in [5.74, 6) is -10.1. The standard InChI is InChI=1S/C16H14F4O3/c1-3-22-11-5-7-12(8-6-11)23-14(21)13-9-4-10(2)15(17,18)16(13,19)20/h4-9H,3H2,1-2H3. The maximum atomic E-state index is 13.8. The smallest absolute Gasteiger partial charge is 0.346 e. The van der Waals surface area contributed by atoms with Gasteiger partial charge < -0.3 is 9.47 Å². The molecule has 7 heteroatoms. The lowest BCUT2D eigenvalue weighted by molar-refractivity contribution is -0.171. The third-order valence-electron chi connectivity index (χ3n) is 3.29. The van der Waals surface area contributed by atoms with Crippen molar-refractivity contribution in [2.24, 2.45) is 0 Å². The van der Waals surface area contributed by atoms with E-state index in [9.17, 15) is 22.4 Å². The molecule has 1 aliphatic carbocycles. The van der Waals surface area contributed by atoms with Crippen LogP contribution in [0, 0.1) is 0 Å². The predicted octanol–water partition coefficient (Wildman–Crippen LogP) is 4.15. The summed E-state index contributed by atoms with van der Waals surface area (Å²) >= 11 is 0. The number of hydrogen-bond acceptors (Lipinski definition) is 3. The topological polar surface area (TPSA) is 35.5 Å². The maximum absolute atomic E-state index is 13.8. The van der Waals surface area contributed by atoms with Crippen molar-refractivity contribution in [1.82, 2.24) is 0 Å². The summed E-state index contributed by atoms with van der Waals surface area (Å²) < 4.78 is 64.7. The monoisotopic (exact) mass is 330 g/mol. The fourth-order valence-corrected chi connectivity index (χ4v) is 1.96. The molecule has 1 aromatic rings. The van der Waals surface area contributed by atoms with E-state index in [0.29, 0.717) is 18.4 Å². The molecule has 23 heavy (non-hydrogen) atoms. The van der Waals surface area contributed by atoms with Gasteiger partial charge in [0.1, 0.15) is 17.1 Å². The molecule has 0 amide bonds. The number of ether oxygens (including phenoxy) is 2. The van der Waals surface area contributed by atoms with E-state index in [0.717, 1.165) is 13.0 Å². The Morgan fingerprint density at radius 2 is 1.57 bits per heavy atom. The van der Waals surface area contributed by atoms with Gasteiger partial charge in [-0.1, -0.05) is 6.08 Å². The quantitative estimate of drug-likeness (QED) is 0.473. The fraction of sp³-hybridized carbons (Fsp3) is 0.312. The number of alkyl halides is 4. The van der Waals surface area contributed by atoms with Crippen molar-refractivity contribution in [2.75, 3.05) is 6.61 Å². The third-order valence-corrected chi connectivity index (χ3v) is 3.29. The van der Waals surface area contributed by atoms with Crippen molar-refractivity contribution in [3.8, 4) is 11.5 Å². The lowest BCUT2D eigenvalue weighted by Gasteiger charge is -2.30. The van der Waals surface area contributed by atoms with Gasteiger partial charge in [0.2, 0.25) is 0 Å². The number of benzene rings is 1. The number of carbonyl (C=O) groups excluding carboxylic acids is 1. The Balaban J connectivity index is 2.20. The summed E-state index contributed by atoms with van der Waals surface area (Å²) in [6.07, 6.45) is 1.44. The second-order valence-corrected chi connectivity index (χ2v) is 4.87. The zero-order valence-electron chi connectivity index (χ0n) is 12.4. The molecule has 0 aliphatic heterocycles. The number of halogens is 4. The van der Waals surface area contributed by atoms with E-state index < -0.39 is 29.0 Å². The number of esters is 1. The molecule has 0 bridgehead atoms. The highest BCUT2D eigenvalue weighted by Crippen LogP contribution is 2.47. The van der Waals surface area contributed by atoms with Crippen LogP contribution in [-0.2, 0) is 4.79 Å². The zero-order chi connectivity index (χ0) is 17.3. The maximum Gasteiger partial charge on any atom is 0.346 e. The SMILES string of the molecule is CCOc1ccc(OC(=O)C2=CC=C(C)C(F)(F)C2(F)F)cc1. The molecule has 0 atom stereocenters. The highest BCUT2D eigenvalue weighted by molar-refractivity contribution is 5.93. The highest BCUT2D eigenvalue weighted by Gasteiger charge is 2.63. The minimum Gasteiger partial charge on any atom is -0.494 e. The summed E-state index contributed by atoms with van der Waals surface area (Å²) in [4.78, 5) is 11.8. The Morgan fingerprint density at radius 1 is 1.00 bits per heavy atom. The normalized spacial score (nSPS) is 18.7. The Kier molecular flexibility index (Phi) is 4.49. The van der Waals surface area contributed by atoms with Crippen molar-refractivity contribution >= 4 is 5.97 Å². The van der Waals surface area contributed by atoms with Crippen LogP contribution in [0.3, 0.4) is 0 Å². The van der Waals surface area contributed by atoms with E-state index in [1.807, 2.05) is 0 Å². The Morgan fingerprint density at radius 3 is 2.13 bits per heavy atom. The number of rotatable bonds is 4. The fourth-order valence-electron chi connectivity index (χ4n) is 1.96. The molecular formula is C16H14F4O3. The molecule has 3 nitrogen and oxygen atoms in total. The van der Waals surface area contributed by atoms with Gasteiger partial charge in [0, 0.05) is 5.57 Å². The van der Waals surface area contributed by atoms with Crippen molar-refractivity contribution < 1.29 is 31.8 Å². The van der Waals surface area contributed by atoms with Gasteiger partial charge in [-0.15, -0.1) is 0 Å². The van der Waals surface area contributed by atoms with Gasteiger partial charge in [0.15, 0.2) is 0 Å². The van der Waals surface area contributed by atoms with E-state index in [2.05, 4.69) is 0 Å². The molecular weight excluding hydrogens is 316 g/mol. The highest BCUT2D eigenvalue weighted by atomic mass is 19.3. The van der Waals surface area contributed by atoms with Crippen LogP contribution in [0.5, 0.6) is 11.5 Å². The molecule has 124 valence electrons. The molecule has 0 unspecified atom stereocenters. The minimum absolute atomic E-state index is 0.0512. The van der Waals surface area contributed by atoms with Crippen LogP contribution >= 0.6 is 0 Å². The first kappa shape index (κ1) is 17.1. The molecule has 1 aliphatic rings. The van der Waals surface area contributed by atoms with Crippen LogP contribution in [-0.4, -0.2) is 24.4 Å². The van der Waals surface area contributed by atoms with Crippen LogP contribution in [0.15, 0.2) is 47.6 Å². The molecule has 0 aromatic heterocycles. The minimum atomic E-state index is -4.63. The second-order valence-electron chi connectivity index (χ2n) is 4.87. The van der Waals surface area contributed by atoms with Gasteiger partial charge in [0.05, 0.1) is 6.61 Å². The summed E-state index contributed by atoms with van der Waals surface area (Å²) in [6.45, 7) is 3.08. The molecule has 0 N–H and O–H groups in total. The first-order valence-corrected chi connectivity index (χ1v) is 6.80. The van der Waals surface area contributed by atoms with Gasteiger partial charge in [-0.3, -0.25) is 0 Å². The summed E-state index contributed by atoms with van der Waals surface area (Å²) in [5.41, 5.74) is -2.21. The molecule has 1 aromatic carbocycles. The average Bonchev–Trinajstić information content (AvgIpc) is 2.47. The second kappa shape index (κ2) is 6.06. The molecule has 0 saturated carbocycles. The lowest BCUT2D eigenvalue weighted by atomic mass is 9.91. The lowest BCUT2D eigenvalue weighted by Crippen LogP contribution is -2.47. The number of hydrogen-bond donors (Lipinski definition) is 0. The van der Waals surface area contributed by atoms with Crippen molar-refractivity contribution in [2.45, 2.75) is 25.7 Å². The van der Waals surface area contributed by atoms with Crippen molar-refractivity contribution in [3.63, 3.8) is 0 Å². The first-order chi connectivity index (χ1) is 10.7. The molecule has 0 heterocycles. The van der Waals surface area contributed by atoms with E-state index >= 15 is 0 Å². The summed E-state index contributed by atoms with van der Waals surface area (Å²) in [6, 6.07) is 5.59. The van der Waals surface area contributed by atoms with Gasteiger partial charge in [-0.25, -0.2) is 4.79 Å². The van der Waals surface area contributed by atoms with Crippen LogP contribution in [0.4, 0.5) is 17.6 Å². The Hall–Kier alpha value is -2.31. The van der Waals surface area contributed by atoms with Crippen LogP contribution in [0.25, 0.3) is 0 Å². The van der Waals surface area contributed by atoms with Gasteiger partial charge in [-0.05, 0) is 44.2 Å². The molecule has 0 radical (unpaired) electrons. The van der Waals surface area contributed by atoms with Crippen LogP contribution in [0.1, 0.15) is 13.8 Å². The van der Waals surface area contributed by atoms with E-state index in [1.165, 1.54) is 24.3 Å². The van der Waals surface area contributed by atoms with Crippen LogP contribution < -0.4 is 9.47 Å². The first-order valence-electron chi connectivity index (χ1n) is 6.80. The predicted molar refractivity (Wildman–Crippen MR) is 75.0 cm³/mol. The Labute approximate surface area is 130 Å². The van der Waals surface area contributed by atoms with Gasteiger partial charge in [0.25, 0.3) is 0 Å². The average molecular weight is 330 g/mol. The third kappa shape index (κ3) is 3.09. The summed E-state index contributed by atoms with van der Waals surface area (Å²) in [5, 5.41) is 0. The number of allylic oxidation sites excluding steroid dienone is 3. The van der Waals surface area contributed by atoms with Crippen molar-refractivity contribution in [3.05, 3.63) is 47.6 Å². The molecule has 2 rings (SSSR count). The molecule has 0 spiro atoms. The van der Waals surface area contributed by atoms with Crippen LogP contribution in [0.2, 0.25) is 0 Å². The Bertz CT molecular complexity index is 660. The van der Waals surface area contributed by atoms with Gasteiger partial charge >= 0.3 is 17.8 Å². The summed E-state index contributed by atoms with van der Waals surface area (Å²) in [7, 11) is 0. The van der Waals surface area contributed by atoms with Crippen molar-refractivity contribution in [1.29, 1.82) is 0 Å². The van der Waals surface area contributed by atoms with E-state index in [-0.39, 0.29) is 5.75 Å². The number of carbonyl (C=O) groups is 1. The zero-order valence-corrected chi connectivity index (χ0v) is 12.4. The molecule has 0 fully saturated rings. The molecule has 0 saturated heterocycles.